The minimum Gasteiger partial charge on any atom is -0.392 e. The molecule has 0 heterocycles. The minimum atomic E-state index is -3.64. The Morgan fingerprint density at radius 3 is 2.61 bits per heavy atom. The molecule has 0 bridgehead atoms. The molecule has 5 nitrogen and oxygen atoms in total. The number of hydrogen-bond donors (Lipinski definition) is 2. The monoisotopic (exact) mass is 292 g/mol. The summed E-state index contributed by atoms with van der Waals surface area (Å²) in [5.41, 5.74) is 0.507. The molecule has 0 fully saturated rings. The van der Waals surface area contributed by atoms with Crippen LogP contribution in [0.3, 0.4) is 0 Å². The van der Waals surface area contributed by atoms with Crippen molar-refractivity contribution in [3.63, 3.8) is 0 Å². The number of nitrogens with zero attached hydrogens (tertiary/aromatic N) is 1. The fourth-order valence-corrected chi connectivity index (χ4v) is 2.90. The van der Waals surface area contributed by atoms with E-state index in [4.69, 9.17) is 16.7 Å². The van der Waals surface area contributed by atoms with Crippen LogP contribution in [0, 0.1) is 0 Å². The van der Waals surface area contributed by atoms with E-state index in [1.807, 2.05) is 19.0 Å². The molecule has 0 saturated carbocycles. The lowest BCUT2D eigenvalue weighted by Crippen LogP contribution is -2.31. The van der Waals surface area contributed by atoms with E-state index in [0.717, 1.165) is 0 Å². The zero-order chi connectivity index (χ0) is 13.8. The molecule has 0 aromatic heterocycles. The second kappa shape index (κ2) is 6.49. The number of likely N-dealkylation sites (N-methyl/N-ethyl adjacent to an activating group) is 1. The number of aliphatic hydroxyl groups is 1. The molecule has 2 N–H and O–H groups in total. The molecular weight excluding hydrogens is 276 g/mol. The highest BCUT2D eigenvalue weighted by Crippen LogP contribution is 2.22. The van der Waals surface area contributed by atoms with Gasteiger partial charge in [-0.05, 0) is 31.8 Å². The Balaban J connectivity index is 2.90. The van der Waals surface area contributed by atoms with Crippen molar-refractivity contribution < 1.29 is 13.5 Å². The SMILES string of the molecule is CN(C)CCNS(=O)(=O)c1cc(CO)ccc1Cl. The van der Waals surface area contributed by atoms with Gasteiger partial charge in [0, 0.05) is 13.1 Å². The van der Waals surface area contributed by atoms with Crippen molar-refractivity contribution in [3.05, 3.63) is 28.8 Å². The number of aliphatic hydroxyl groups excluding tert-OH is 1. The third-order valence-corrected chi connectivity index (χ3v) is 4.26. The topological polar surface area (TPSA) is 69.6 Å². The summed E-state index contributed by atoms with van der Waals surface area (Å²) in [6, 6.07) is 4.43. The second-order valence-corrected chi connectivity index (χ2v) is 6.27. The number of sulfonamides is 1. The molecule has 0 aliphatic carbocycles. The molecule has 1 aromatic rings. The number of benzene rings is 1. The van der Waals surface area contributed by atoms with Crippen molar-refractivity contribution in [3.8, 4) is 0 Å². The van der Waals surface area contributed by atoms with Crippen LogP contribution in [0.2, 0.25) is 5.02 Å². The van der Waals surface area contributed by atoms with Crippen molar-refractivity contribution in [1.29, 1.82) is 0 Å². The van der Waals surface area contributed by atoms with Crippen molar-refractivity contribution in [2.75, 3.05) is 27.2 Å². The molecule has 0 unspecified atom stereocenters. The molecule has 102 valence electrons. The Bertz CT molecular complexity index is 503. The van der Waals surface area contributed by atoms with Gasteiger partial charge in [0.15, 0.2) is 0 Å². The zero-order valence-electron chi connectivity index (χ0n) is 10.4. The molecule has 1 aromatic carbocycles. The van der Waals surface area contributed by atoms with Gasteiger partial charge in [-0.3, -0.25) is 0 Å². The third kappa shape index (κ3) is 4.22. The molecule has 0 radical (unpaired) electrons. The summed E-state index contributed by atoms with van der Waals surface area (Å²) < 4.78 is 26.5. The molecule has 0 atom stereocenters. The van der Waals surface area contributed by atoms with E-state index in [9.17, 15) is 8.42 Å². The first-order valence-electron chi connectivity index (χ1n) is 5.40. The predicted molar refractivity (Wildman–Crippen MR) is 71.1 cm³/mol. The van der Waals surface area contributed by atoms with E-state index in [2.05, 4.69) is 4.72 Å². The maximum absolute atomic E-state index is 12.0. The molecule has 0 spiro atoms. The quantitative estimate of drug-likeness (QED) is 0.809. The average Bonchev–Trinajstić information content (AvgIpc) is 2.28. The van der Waals surface area contributed by atoms with Crippen LogP contribution in [0.15, 0.2) is 23.1 Å². The van der Waals surface area contributed by atoms with Gasteiger partial charge < -0.3 is 10.0 Å². The summed E-state index contributed by atoms with van der Waals surface area (Å²) in [4.78, 5) is 1.86. The fourth-order valence-electron chi connectivity index (χ4n) is 1.33. The maximum atomic E-state index is 12.0. The lowest BCUT2D eigenvalue weighted by molar-refractivity contribution is 0.281. The van der Waals surface area contributed by atoms with Crippen LogP contribution < -0.4 is 4.72 Å². The van der Waals surface area contributed by atoms with E-state index in [1.54, 1.807) is 6.07 Å². The summed E-state index contributed by atoms with van der Waals surface area (Å²) >= 11 is 5.87. The summed E-state index contributed by atoms with van der Waals surface area (Å²) in [5.74, 6) is 0. The molecule has 0 amide bonds. The zero-order valence-corrected chi connectivity index (χ0v) is 11.9. The second-order valence-electron chi connectivity index (χ2n) is 4.12. The van der Waals surface area contributed by atoms with E-state index in [-0.39, 0.29) is 16.5 Å². The summed E-state index contributed by atoms with van der Waals surface area (Å²) in [6.07, 6.45) is 0. The molecule has 0 aliphatic heterocycles. The molecule has 0 saturated heterocycles. The number of rotatable bonds is 6. The lowest BCUT2D eigenvalue weighted by Gasteiger charge is -2.12. The van der Waals surface area contributed by atoms with Crippen LogP contribution in [-0.4, -0.2) is 45.6 Å². The summed E-state index contributed by atoms with van der Waals surface area (Å²) in [6.45, 7) is 0.670. The first-order chi connectivity index (χ1) is 8.36. The Morgan fingerprint density at radius 2 is 2.06 bits per heavy atom. The number of halogens is 1. The van der Waals surface area contributed by atoms with Crippen molar-refractivity contribution in [2.45, 2.75) is 11.5 Å². The van der Waals surface area contributed by atoms with Crippen LogP contribution in [0.4, 0.5) is 0 Å². The lowest BCUT2D eigenvalue weighted by atomic mass is 10.2. The molecule has 7 heteroatoms. The van der Waals surface area contributed by atoms with Crippen LogP contribution in [0.25, 0.3) is 0 Å². The predicted octanol–water partition coefficient (Wildman–Crippen LogP) is 0.672. The largest absolute Gasteiger partial charge is 0.392 e. The van der Waals surface area contributed by atoms with Crippen molar-refractivity contribution >= 4 is 21.6 Å². The van der Waals surface area contributed by atoms with Gasteiger partial charge in [0.25, 0.3) is 0 Å². The van der Waals surface area contributed by atoms with Crippen molar-refractivity contribution in [1.82, 2.24) is 9.62 Å². The van der Waals surface area contributed by atoms with Gasteiger partial charge in [-0.25, -0.2) is 13.1 Å². The number of hydrogen-bond acceptors (Lipinski definition) is 4. The third-order valence-electron chi connectivity index (χ3n) is 2.32. The van der Waals surface area contributed by atoms with Crippen LogP contribution >= 0.6 is 11.6 Å². The van der Waals surface area contributed by atoms with Crippen LogP contribution in [0.1, 0.15) is 5.56 Å². The van der Waals surface area contributed by atoms with Gasteiger partial charge in [0.1, 0.15) is 4.90 Å². The normalized spacial score (nSPS) is 12.1. The Morgan fingerprint density at radius 1 is 1.39 bits per heavy atom. The van der Waals surface area contributed by atoms with Gasteiger partial charge in [-0.15, -0.1) is 0 Å². The molecule has 18 heavy (non-hydrogen) atoms. The van der Waals surface area contributed by atoms with E-state index in [0.29, 0.717) is 18.7 Å². The van der Waals surface area contributed by atoms with E-state index in [1.165, 1.54) is 12.1 Å². The standard InChI is InChI=1S/C11H17ClN2O3S/c1-14(2)6-5-13-18(16,17)11-7-9(8-15)3-4-10(11)12/h3-4,7,13,15H,5-6,8H2,1-2H3. The smallest absolute Gasteiger partial charge is 0.242 e. The van der Waals surface area contributed by atoms with E-state index < -0.39 is 10.0 Å². The van der Waals surface area contributed by atoms with Crippen LogP contribution in [0.5, 0.6) is 0 Å². The summed E-state index contributed by atoms with van der Waals surface area (Å²) in [7, 11) is 0.0707. The van der Waals surface area contributed by atoms with Gasteiger partial charge in [0.05, 0.1) is 11.6 Å². The van der Waals surface area contributed by atoms with Gasteiger partial charge in [0.2, 0.25) is 10.0 Å². The van der Waals surface area contributed by atoms with Gasteiger partial charge in [-0.2, -0.15) is 0 Å². The highest BCUT2D eigenvalue weighted by atomic mass is 35.5. The van der Waals surface area contributed by atoms with Crippen LogP contribution in [-0.2, 0) is 16.6 Å². The van der Waals surface area contributed by atoms with Gasteiger partial charge >= 0.3 is 0 Å². The Kier molecular flexibility index (Phi) is 5.55. The highest BCUT2D eigenvalue weighted by molar-refractivity contribution is 7.89. The molecular formula is C11H17ClN2O3S. The minimum absolute atomic E-state index is 0.00512. The molecule has 0 aliphatic rings. The number of nitrogens with one attached hydrogen (secondary N) is 1. The highest BCUT2D eigenvalue weighted by Gasteiger charge is 2.17. The molecule has 1 rings (SSSR count). The average molecular weight is 293 g/mol. The summed E-state index contributed by atoms with van der Waals surface area (Å²) in [5, 5.41) is 9.15. The van der Waals surface area contributed by atoms with E-state index >= 15 is 0 Å². The first kappa shape index (κ1) is 15.4. The Labute approximate surface area is 112 Å². The first-order valence-corrected chi connectivity index (χ1v) is 7.26. The fraction of sp³-hybridized carbons (Fsp3) is 0.455. The van der Waals surface area contributed by atoms with Gasteiger partial charge in [-0.1, -0.05) is 17.7 Å². The maximum Gasteiger partial charge on any atom is 0.242 e. The Hall–Kier alpha value is -0.660. The van der Waals surface area contributed by atoms with Crippen molar-refractivity contribution in [2.24, 2.45) is 0 Å².